The molecule has 0 unspecified atom stereocenters. The fourth-order valence-electron chi connectivity index (χ4n) is 1.66. The molecular formula is C13H14O4. The van der Waals surface area contributed by atoms with E-state index >= 15 is 0 Å². The molecule has 1 aliphatic heterocycles. The zero-order valence-corrected chi connectivity index (χ0v) is 9.39. The predicted molar refractivity (Wildman–Crippen MR) is 61.5 cm³/mol. The molecule has 0 spiro atoms. The molecule has 4 heteroatoms. The van der Waals surface area contributed by atoms with Gasteiger partial charge in [0, 0.05) is 6.42 Å². The van der Waals surface area contributed by atoms with E-state index in [-0.39, 0.29) is 5.76 Å². The van der Waals surface area contributed by atoms with Crippen LogP contribution < -0.4 is 0 Å². The predicted octanol–water partition coefficient (Wildman–Crippen LogP) is 1.94. The van der Waals surface area contributed by atoms with Gasteiger partial charge in [0.15, 0.2) is 0 Å². The SMILES string of the molecule is O=C(CO)C1=COC=C(CC2=CC=CCC2)O1. The van der Waals surface area contributed by atoms with E-state index in [1.807, 2.05) is 12.2 Å². The van der Waals surface area contributed by atoms with Gasteiger partial charge in [-0.3, -0.25) is 4.79 Å². The summed E-state index contributed by atoms with van der Waals surface area (Å²) < 4.78 is 10.4. The van der Waals surface area contributed by atoms with Crippen molar-refractivity contribution in [3.05, 3.63) is 47.8 Å². The highest BCUT2D eigenvalue weighted by atomic mass is 16.5. The Bertz CT molecular complexity index is 427. The molecule has 0 fully saturated rings. The van der Waals surface area contributed by atoms with E-state index in [0.717, 1.165) is 12.8 Å². The van der Waals surface area contributed by atoms with E-state index in [2.05, 4.69) is 6.08 Å². The fraction of sp³-hybridized carbons (Fsp3) is 0.308. The number of Topliss-reactive ketones (excluding diaryl/α,β-unsaturated/α-hetero) is 1. The first kappa shape index (κ1) is 11.7. The number of hydrogen-bond acceptors (Lipinski definition) is 4. The summed E-state index contributed by atoms with van der Waals surface area (Å²) >= 11 is 0. The smallest absolute Gasteiger partial charge is 0.226 e. The number of hydrogen-bond donors (Lipinski definition) is 1. The van der Waals surface area contributed by atoms with Crippen LogP contribution >= 0.6 is 0 Å². The molecule has 0 aromatic rings. The Morgan fingerprint density at radius 3 is 3.00 bits per heavy atom. The minimum absolute atomic E-state index is 0.0527. The van der Waals surface area contributed by atoms with Crippen molar-refractivity contribution in [3.63, 3.8) is 0 Å². The highest BCUT2D eigenvalue weighted by Gasteiger charge is 2.17. The van der Waals surface area contributed by atoms with Crippen molar-refractivity contribution in [3.8, 4) is 0 Å². The average Bonchev–Trinajstić information content (AvgIpc) is 2.39. The molecule has 0 aromatic heterocycles. The van der Waals surface area contributed by atoms with Crippen LogP contribution in [0.1, 0.15) is 19.3 Å². The maximum Gasteiger partial charge on any atom is 0.226 e. The van der Waals surface area contributed by atoms with Crippen LogP contribution in [0.5, 0.6) is 0 Å². The van der Waals surface area contributed by atoms with Gasteiger partial charge in [0.25, 0.3) is 0 Å². The number of allylic oxidation sites excluding steroid dienone is 4. The van der Waals surface area contributed by atoms with Crippen molar-refractivity contribution >= 4 is 5.78 Å². The number of ketones is 1. The normalized spacial score (nSPS) is 18.5. The quantitative estimate of drug-likeness (QED) is 0.807. The molecule has 0 amide bonds. The molecule has 1 aliphatic carbocycles. The molecule has 0 aromatic carbocycles. The van der Waals surface area contributed by atoms with Gasteiger partial charge in [-0.15, -0.1) is 0 Å². The molecule has 1 heterocycles. The Balaban J connectivity index is 1.95. The average molecular weight is 234 g/mol. The van der Waals surface area contributed by atoms with Crippen LogP contribution in [0.15, 0.2) is 47.8 Å². The van der Waals surface area contributed by atoms with E-state index in [4.69, 9.17) is 14.6 Å². The van der Waals surface area contributed by atoms with E-state index in [1.165, 1.54) is 18.1 Å². The lowest BCUT2D eigenvalue weighted by molar-refractivity contribution is -0.121. The van der Waals surface area contributed by atoms with Crippen LogP contribution in [0.4, 0.5) is 0 Å². The van der Waals surface area contributed by atoms with Gasteiger partial charge >= 0.3 is 0 Å². The van der Waals surface area contributed by atoms with Crippen LogP contribution in [0.3, 0.4) is 0 Å². The molecule has 0 saturated heterocycles. The molecule has 2 aliphatic rings. The maximum absolute atomic E-state index is 11.2. The number of aliphatic hydroxyl groups is 1. The first-order valence-corrected chi connectivity index (χ1v) is 5.51. The van der Waals surface area contributed by atoms with E-state index in [0.29, 0.717) is 12.2 Å². The number of aliphatic hydroxyl groups excluding tert-OH is 1. The van der Waals surface area contributed by atoms with E-state index in [1.54, 1.807) is 0 Å². The van der Waals surface area contributed by atoms with Gasteiger partial charge in [0.05, 0.1) is 0 Å². The second-order valence-electron chi connectivity index (χ2n) is 3.85. The van der Waals surface area contributed by atoms with Gasteiger partial charge in [-0.05, 0) is 12.8 Å². The molecule has 2 rings (SSSR count). The Morgan fingerprint density at radius 1 is 1.41 bits per heavy atom. The van der Waals surface area contributed by atoms with Crippen LogP contribution in [0.2, 0.25) is 0 Å². The Kier molecular flexibility index (Phi) is 3.77. The Hall–Kier alpha value is -1.81. The summed E-state index contributed by atoms with van der Waals surface area (Å²) in [6, 6.07) is 0. The molecule has 4 nitrogen and oxygen atoms in total. The Morgan fingerprint density at radius 2 is 2.29 bits per heavy atom. The zero-order chi connectivity index (χ0) is 12.1. The van der Waals surface area contributed by atoms with Gasteiger partial charge in [-0.25, -0.2) is 0 Å². The van der Waals surface area contributed by atoms with Crippen LogP contribution in [-0.4, -0.2) is 17.5 Å². The summed E-state index contributed by atoms with van der Waals surface area (Å²) in [7, 11) is 0. The minimum Gasteiger partial charge on any atom is -0.465 e. The van der Waals surface area contributed by atoms with Gasteiger partial charge in [-0.1, -0.05) is 23.8 Å². The molecular weight excluding hydrogens is 220 g/mol. The first-order chi connectivity index (χ1) is 8.29. The summed E-state index contributed by atoms with van der Waals surface area (Å²) in [5, 5.41) is 8.73. The zero-order valence-electron chi connectivity index (χ0n) is 9.39. The number of rotatable bonds is 4. The summed E-state index contributed by atoms with van der Waals surface area (Å²) in [6.45, 7) is -0.575. The second kappa shape index (κ2) is 5.50. The van der Waals surface area contributed by atoms with Crippen LogP contribution in [0.25, 0.3) is 0 Å². The third-order valence-electron chi connectivity index (χ3n) is 2.54. The maximum atomic E-state index is 11.2. The van der Waals surface area contributed by atoms with Crippen molar-refractivity contribution in [2.45, 2.75) is 19.3 Å². The van der Waals surface area contributed by atoms with Crippen molar-refractivity contribution in [1.82, 2.24) is 0 Å². The standard InChI is InChI=1S/C13H14O4/c14-7-12(15)13-9-16-8-11(17-13)6-10-4-2-1-3-5-10/h1-2,4,8-9,14H,3,5-7H2. The second-order valence-corrected chi connectivity index (χ2v) is 3.85. The number of carbonyl (C=O) groups excluding carboxylic acids is 1. The third kappa shape index (κ3) is 3.07. The Labute approximate surface area is 99.5 Å². The number of carbonyl (C=O) groups is 1. The lowest BCUT2D eigenvalue weighted by atomic mass is 10.0. The summed E-state index contributed by atoms with van der Waals surface area (Å²) in [4.78, 5) is 11.2. The van der Waals surface area contributed by atoms with Gasteiger partial charge in [-0.2, -0.15) is 0 Å². The molecule has 0 saturated carbocycles. The topological polar surface area (TPSA) is 55.8 Å². The molecule has 0 atom stereocenters. The van der Waals surface area contributed by atoms with Crippen molar-refractivity contribution in [2.75, 3.05) is 6.61 Å². The highest BCUT2D eigenvalue weighted by Crippen LogP contribution is 2.24. The molecule has 0 radical (unpaired) electrons. The molecule has 0 bridgehead atoms. The van der Waals surface area contributed by atoms with Crippen molar-refractivity contribution in [2.24, 2.45) is 0 Å². The summed E-state index contributed by atoms with van der Waals surface area (Å²) in [5.41, 5.74) is 1.24. The molecule has 90 valence electrons. The lowest BCUT2D eigenvalue weighted by Gasteiger charge is -2.17. The summed E-state index contributed by atoms with van der Waals surface area (Å²) in [5.74, 6) is 0.163. The van der Waals surface area contributed by atoms with Crippen LogP contribution in [-0.2, 0) is 14.3 Å². The highest BCUT2D eigenvalue weighted by molar-refractivity contribution is 5.94. The lowest BCUT2D eigenvalue weighted by Crippen LogP contribution is -2.13. The first-order valence-electron chi connectivity index (χ1n) is 5.51. The van der Waals surface area contributed by atoms with Gasteiger partial charge in [0.1, 0.15) is 24.9 Å². The van der Waals surface area contributed by atoms with Gasteiger partial charge < -0.3 is 14.6 Å². The summed E-state index contributed by atoms with van der Waals surface area (Å²) in [6.07, 6.45) is 11.5. The third-order valence-corrected chi connectivity index (χ3v) is 2.54. The fourth-order valence-corrected chi connectivity index (χ4v) is 1.66. The van der Waals surface area contributed by atoms with E-state index < -0.39 is 12.4 Å². The van der Waals surface area contributed by atoms with Crippen LogP contribution in [0, 0.1) is 0 Å². The molecule has 1 N–H and O–H groups in total. The van der Waals surface area contributed by atoms with E-state index in [9.17, 15) is 4.79 Å². The molecule has 17 heavy (non-hydrogen) atoms. The van der Waals surface area contributed by atoms with Crippen molar-refractivity contribution < 1.29 is 19.4 Å². The minimum atomic E-state index is -0.575. The van der Waals surface area contributed by atoms with Gasteiger partial charge in [0.2, 0.25) is 11.5 Å². The largest absolute Gasteiger partial charge is 0.465 e. The monoisotopic (exact) mass is 234 g/mol. The number of ether oxygens (including phenoxy) is 2. The van der Waals surface area contributed by atoms with Crippen molar-refractivity contribution in [1.29, 1.82) is 0 Å².